The lowest BCUT2D eigenvalue weighted by molar-refractivity contribution is -0.150. The summed E-state index contributed by atoms with van der Waals surface area (Å²) in [6.45, 7) is 5.22. The number of anilines is 1. The number of hydrogen-bond acceptors (Lipinski definition) is 6. The third kappa shape index (κ3) is 5.01. The summed E-state index contributed by atoms with van der Waals surface area (Å²) in [6.07, 6.45) is -0.891. The molecular formula is C18H23N3O4S. The summed E-state index contributed by atoms with van der Waals surface area (Å²) in [4.78, 5) is 25.2. The van der Waals surface area contributed by atoms with E-state index < -0.39 is 12.1 Å². The van der Waals surface area contributed by atoms with Crippen molar-refractivity contribution in [2.24, 2.45) is 7.05 Å². The standard InChI is InChI=1S/C18H23N3O4S/c1-11-17(12(2)21(4)20-11)19-18(23)13(3)25-16(22)10-26-15-8-6-14(24-5)7-9-15/h6-9,13H,10H2,1-5H3,(H,19,23)/t13-/m0/s1. The number of ether oxygens (including phenoxy) is 2. The summed E-state index contributed by atoms with van der Waals surface area (Å²) >= 11 is 1.34. The number of nitrogens with zero attached hydrogens (tertiary/aromatic N) is 2. The van der Waals surface area contributed by atoms with Crippen LogP contribution in [0.3, 0.4) is 0 Å². The van der Waals surface area contributed by atoms with Crippen LogP contribution in [-0.2, 0) is 21.4 Å². The van der Waals surface area contributed by atoms with E-state index in [-0.39, 0.29) is 11.7 Å². The first-order chi connectivity index (χ1) is 12.3. The lowest BCUT2D eigenvalue weighted by atomic mass is 10.3. The molecule has 0 saturated carbocycles. The van der Waals surface area contributed by atoms with Crippen molar-refractivity contribution in [1.82, 2.24) is 9.78 Å². The summed E-state index contributed by atoms with van der Waals surface area (Å²) in [5.41, 5.74) is 2.20. The van der Waals surface area contributed by atoms with E-state index in [0.717, 1.165) is 16.3 Å². The normalized spacial score (nSPS) is 11.7. The van der Waals surface area contributed by atoms with Crippen LogP contribution >= 0.6 is 11.8 Å². The topological polar surface area (TPSA) is 82.4 Å². The highest BCUT2D eigenvalue weighted by Crippen LogP contribution is 2.22. The molecule has 140 valence electrons. The van der Waals surface area contributed by atoms with Crippen LogP contribution in [0.15, 0.2) is 29.2 Å². The van der Waals surface area contributed by atoms with E-state index in [1.807, 2.05) is 38.1 Å². The zero-order valence-corrected chi connectivity index (χ0v) is 16.3. The third-order valence-corrected chi connectivity index (χ3v) is 4.84. The summed E-state index contributed by atoms with van der Waals surface area (Å²) in [5, 5.41) is 7.01. The Morgan fingerprint density at radius 1 is 1.27 bits per heavy atom. The number of carbonyl (C=O) groups is 2. The van der Waals surface area contributed by atoms with E-state index in [9.17, 15) is 9.59 Å². The van der Waals surface area contributed by atoms with Gasteiger partial charge in [0.25, 0.3) is 5.91 Å². The molecule has 0 fully saturated rings. The van der Waals surface area contributed by atoms with Crippen molar-refractivity contribution < 1.29 is 19.1 Å². The number of hydrogen-bond donors (Lipinski definition) is 1. The predicted molar refractivity (Wildman–Crippen MR) is 101 cm³/mol. The number of rotatable bonds is 7. The minimum absolute atomic E-state index is 0.120. The molecular weight excluding hydrogens is 354 g/mol. The maximum absolute atomic E-state index is 12.3. The summed E-state index contributed by atoms with van der Waals surface area (Å²) in [7, 11) is 3.40. The van der Waals surface area contributed by atoms with Crippen molar-refractivity contribution in [3.63, 3.8) is 0 Å². The van der Waals surface area contributed by atoms with Crippen LogP contribution in [0.1, 0.15) is 18.3 Å². The number of methoxy groups -OCH3 is 1. The molecule has 1 aromatic carbocycles. The summed E-state index contributed by atoms with van der Waals surface area (Å²) in [5.74, 6) is 0.0397. The van der Waals surface area contributed by atoms with Gasteiger partial charge >= 0.3 is 5.97 Å². The van der Waals surface area contributed by atoms with Gasteiger partial charge < -0.3 is 14.8 Å². The first-order valence-electron chi connectivity index (χ1n) is 8.09. The maximum atomic E-state index is 12.3. The molecule has 1 atom stereocenters. The van der Waals surface area contributed by atoms with Gasteiger partial charge in [-0.05, 0) is 45.0 Å². The molecule has 0 aliphatic carbocycles. The molecule has 1 aromatic heterocycles. The van der Waals surface area contributed by atoms with Crippen LogP contribution in [0, 0.1) is 13.8 Å². The van der Waals surface area contributed by atoms with Gasteiger partial charge in [0, 0.05) is 11.9 Å². The first kappa shape index (κ1) is 19.8. The van der Waals surface area contributed by atoms with E-state index >= 15 is 0 Å². The Bertz CT molecular complexity index is 786. The molecule has 7 nitrogen and oxygen atoms in total. The maximum Gasteiger partial charge on any atom is 0.317 e. The minimum atomic E-state index is -0.891. The Hall–Kier alpha value is -2.48. The fraction of sp³-hybridized carbons (Fsp3) is 0.389. The first-order valence-corrected chi connectivity index (χ1v) is 9.07. The van der Waals surface area contributed by atoms with Crippen LogP contribution in [0.2, 0.25) is 0 Å². The van der Waals surface area contributed by atoms with Gasteiger partial charge in [0.05, 0.1) is 29.9 Å². The second-order valence-corrected chi connectivity index (χ2v) is 6.80. The molecule has 2 rings (SSSR count). The molecule has 0 aliphatic heterocycles. The van der Waals surface area contributed by atoms with Gasteiger partial charge in [-0.3, -0.25) is 14.3 Å². The van der Waals surface area contributed by atoms with Crippen LogP contribution in [0.25, 0.3) is 0 Å². The highest BCUT2D eigenvalue weighted by molar-refractivity contribution is 8.00. The average molecular weight is 377 g/mol. The fourth-order valence-corrected chi connectivity index (χ4v) is 2.96. The monoisotopic (exact) mass is 377 g/mol. The quantitative estimate of drug-likeness (QED) is 0.590. The van der Waals surface area contributed by atoms with E-state index in [1.54, 1.807) is 25.8 Å². The van der Waals surface area contributed by atoms with Crippen molar-refractivity contribution in [1.29, 1.82) is 0 Å². The van der Waals surface area contributed by atoms with Gasteiger partial charge in [0.15, 0.2) is 6.10 Å². The smallest absolute Gasteiger partial charge is 0.317 e. The molecule has 0 radical (unpaired) electrons. The van der Waals surface area contributed by atoms with Crippen molar-refractivity contribution in [2.75, 3.05) is 18.2 Å². The van der Waals surface area contributed by atoms with E-state index in [4.69, 9.17) is 9.47 Å². The zero-order valence-electron chi connectivity index (χ0n) is 15.5. The average Bonchev–Trinajstić information content (AvgIpc) is 2.86. The van der Waals surface area contributed by atoms with Crippen molar-refractivity contribution in [3.8, 4) is 5.75 Å². The second-order valence-electron chi connectivity index (χ2n) is 5.75. The van der Waals surface area contributed by atoms with Gasteiger partial charge in [0.1, 0.15) is 5.75 Å². The van der Waals surface area contributed by atoms with Gasteiger partial charge in [-0.1, -0.05) is 0 Å². The van der Waals surface area contributed by atoms with Gasteiger partial charge in [0.2, 0.25) is 0 Å². The summed E-state index contributed by atoms with van der Waals surface area (Å²) in [6, 6.07) is 7.37. The van der Waals surface area contributed by atoms with Gasteiger partial charge in [-0.2, -0.15) is 5.10 Å². The number of esters is 1. The van der Waals surface area contributed by atoms with Crippen LogP contribution in [0.4, 0.5) is 5.69 Å². The number of thioether (sulfide) groups is 1. The van der Waals surface area contributed by atoms with Crippen molar-refractivity contribution in [2.45, 2.75) is 31.8 Å². The number of carbonyl (C=O) groups excluding carboxylic acids is 2. The zero-order chi connectivity index (χ0) is 19.3. The van der Waals surface area contributed by atoms with Gasteiger partial charge in [-0.25, -0.2) is 0 Å². The molecule has 1 amide bonds. The SMILES string of the molecule is COc1ccc(SCC(=O)O[C@@H](C)C(=O)Nc2c(C)nn(C)c2C)cc1. The lowest BCUT2D eigenvalue weighted by Gasteiger charge is -2.13. The highest BCUT2D eigenvalue weighted by Gasteiger charge is 2.20. The van der Waals surface area contributed by atoms with E-state index in [0.29, 0.717) is 11.4 Å². The van der Waals surface area contributed by atoms with Crippen LogP contribution < -0.4 is 10.1 Å². The molecule has 0 unspecified atom stereocenters. The Balaban J connectivity index is 1.84. The van der Waals surface area contributed by atoms with Gasteiger partial charge in [-0.15, -0.1) is 11.8 Å². The molecule has 0 aliphatic rings. The van der Waals surface area contributed by atoms with Crippen molar-refractivity contribution >= 4 is 29.3 Å². The summed E-state index contributed by atoms with van der Waals surface area (Å²) < 4.78 is 12.0. The highest BCUT2D eigenvalue weighted by atomic mass is 32.2. The molecule has 1 heterocycles. The molecule has 2 aromatic rings. The number of aryl methyl sites for hydroxylation is 2. The third-order valence-electron chi connectivity index (χ3n) is 3.85. The molecule has 0 bridgehead atoms. The number of aromatic nitrogens is 2. The number of amides is 1. The van der Waals surface area contributed by atoms with Crippen LogP contribution in [0.5, 0.6) is 5.75 Å². The molecule has 26 heavy (non-hydrogen) atoms. The minimum Gasteiger partial charge on any atom is -0.497 e. The fourth-order valence-electron chi connectivity index (χ4n) is 2.28. The number of benzene rings is 1. The van der Waals surface area contributed by atoms with E-state index in [1.165, 1.54) is 11.8 Å². The van der Waals surface area contributed by atoms with E-state index in [2.05, 4.69) is 10.4 Å². The molecule has 0 spiro atoms. The molecule has 0 saturated heterocycles. The Morgan fingerprint density at radius 2 is 1.92 bits per heavy atom. The van der Waals surface area contributed by atoms with Crippen molar-refractivity contribution in [3.05, 3.63) is 35.7 Å². The lowest BCUT2D eigenvalue weighted by Crippen LogP contribution is -2.30. The molecule has 8 heteroatoms. The Labute approximate surface area is 157 Å². The Morgan fingerprint density at radius 3 is 2.46 bits per heavy atom. The molecule has 1 N–H and O–H groups in total. The van der Waals surface area contributed by atoms with Crippen LogP contribution in [-0.4, -0.2) is 40.6 Å². The Kier molecular flexibility index (Phi) is 6.68. The largest absolute Gasteiger partial charge is 0.497 e. The number of nitrogens with one attached hydrogen (secondary N) is 1. The predicted octanol–water partition coefficient (Wildman–Crippen LogP) is 2.71. The second kappa shape index (κ2) is 8.75.